The summed E-state index contributed by atoms with van der Waals surface area (Å²) in [6.07, 6.45) is 1.11. The maximum Gasteiger partial charge on any atom is 0.338 e. The van der Waals surface area contributed by atoms with Crippen LogP contribution < -0.4 is 15.4 Å². The van der Waals surface area contributed by atoms with Crippen molar-refractivity contribution in [2.24, 2.45) is 0 Å². The first kappa shape index (κ1) is 20.1. The summed E-state index contributed by atoms with van der Waals surface area (Å²) >= 11 is 6.32. The number of benzene rings is 1. The normalized spacial score (nSPS) is 17.0. The van der Waals surface area contributed by atoms with E-state index in [1.807, 2.05) is 13.8 Å². The molecule has 2 amide bonds. The zero-order chi connectivity index (χ0) is 19.3. The van der Waals surface area contributed by atoms with Crippen molar-refractivity contribution < 1.29 is 19.1 Å². The van der Waals surface area contributed by atoms with Crippen LogP contribution in [0.15, 0.2) is 29.5 Å². The third-order valence-electron chi connectivity index (χ3n) is 3.82. The first-order chi connectivity index (χ1) is 12.4. The fourth-order valence-electron chi connectivity index (χ4n) is 2.69. The van der Waals surface area contributed by atoms with Gasteiger partial charge in [-0.25, -0.2) is 9.59 Å². The van der Waals surface area contributed by atoms with Crippen LogP contribution in [0.3, 0.4) is 0 Å². The molecule has 1 aliphatic heterocycles. The molecule has 7 heteroatoms. The number of esters is 1. The molecule has 0 aromatic heterocycles. The van der Waals surface area contributed by atoms with Gasteiger partial charge in [0.1, 0.15) is 5.75 Å². The third-order valence-corrected chi connectivity index (χ3v) is 4.12. The highest BCUT2D eigenvalue weighted by Gasteiger charge is 2.33. The SMILES string of the molecule is CCCOc1ccc(C2NC(=O)NC(CC)=C2C(=O)OC(C)C)cc1Cl. The van der Waals surface area contributed by atoms with E-state index in [9.17, 15) is 9.59 Å². The summed E-state index contributed by atoms with van der Waals surface area (Å²) in [5.41, 5.74) is 1.63. The molecule has 0 saturated carbocycles. The molecule has 2 rings (SSSR count). The van der Waals surface area contributed by atoms with Crippen molar-refractivity contribution in [1.82, 2.24) is 10.6 Å². The Balaban J connectivity index is 2.42. The van der Waals surface area contributed by atoms with E-state index < -0.39 is 12.0 Å². The Morgan fingerprint density at radius 2 is 2.04 bits per heavy atom. The minimum Gasteiger partial charge on any atom is -0.492 e. The minimum atomic E-state index is -0.636. The van der Waals surface area contributed by atoms with Crippen molar-refractivity contribution >= 4 is 23.6 Å². The van der Waals surface area contributed by atoms with Crippen molar-refractivity contribution in [3.05, 3.63) is 40.1 Å². The third kappa shape index (κ3) is 4.69. The molecule has 0 radical (unpaired) electrons. The quantitative estimate of drug-likeness (QED) is 0.698. The topological polar surface area (TPSA) is 76.7 Å². The van der Waals surface area contributed by atoms with Gasteiger partial charge in [-0.2, -0.15) is 0 Å². The number of rotatable bonds is 7. The molecular weight excluding hydrogens is 356 g/mol. The Labute approximate surface area is 158 Å². The smallest absolute Gasteiger partial charge is 0.338 e. The highest BCUT2D eigenvalue weighted by Crippen LogP contribution is 2.33. The molecule has 26 heavy (non-hydrogen) atoms. The highest BCUT2D eigenvalue weighted by molar-refractivity contribution is 6.32. The number of urea groups is 1. The van der Waals surface area contributed by atoms with Crippen molar-refractivity contribution in [3.63, 3.8) is 0 Å². The lowest BCUT2D eigenvalue weighted by Crippen LogP contribution is -2.46. The molecule has 1 atom stereocenters. The molecule has 0 fully saturated rings. The fourth-order valence-corrected chi connectivity index (χ4v) is 2.93. The van der Waals surface area contributed by atoms with Gasteiger partial charge in [0.15, 0.2) is 0 Å². The van der Waals surface area contributed by atoms with E-state index in [0.29, 0.717) is 40.6 Å². The summed E-state index contributed by atoms with van der Waals surface area (Å²) in [7, 11) is 0. The molecule has 0 spiro atoms. The van der Waals surface area contributed by atoms with E-state index >= 15 is 0 Å². The van der Waals surface area contributed by atoms with Gasteiger partial charge in [0.25, 0.3) is 0 Å². The Morgan fingerprint density at radius 3 is 2.62 bits per heavy atom. The summed E-state index contributed by atoms with van der Waals surface area (Å²) in [5, 5.41) is 5.91. The molecule has 2 N–H and O–H groups in total. The van der Waals surface area contributed by atoms with E-state index in [2.05, 4.69) is 10.6 Å². The maximum atomic E-state index is 12.6. The zero-order valence-electron chi connectivity index (χ0n) is 15.5. The van der Waals surface area contributed by atoms with Crippen LogP contribution in [0.4, 0.5) is 4.79 Å². The lowest BCUT2D eigenvalue weighted by molar-refractivity contribution is -0.143. The molecule has 1 aromatic rings. The summed E-state index contributed by atoms with van der Waals surface area (Å²) in [4.78, 5) is 24.7. The number of carbonyl (C=O) groups excluding carboxylic acids is 2. The van der Waals surface area contributed by atoms with E-state index in [1.165, 1.54) is 0 Å². The van der Waals surface area contributed by atoms with Crippen LogP contribution in [-0.2, 0) is 9.53 Å². The number of hydrogen-bond acceptors (Lipinski definition) is 4. The van der Waals surface area contributed by atoms with Crippen molar-refractivity contribution in [3.8, 4) is 5.75 Å². The van der Waals surface area contributed by atoms with Crippen molar-refractivity contribution in [2.45, 2.75) is 52.7 Å². The highest BCUT2D eigenvalue weighted by atomic mass is 35.5. The first-order valence-corrected chi connectivity index (χ1v) is 9.18. The number of ether oxygens (including phenoxy) is 2. The van der Waals surface area contributed by atoms with Gasteiger partial charge < -0.3 is 20.1 Å². The standard InChI is InChI=1S/C19H25ClN2O4/c1-5-9-25-15-8-7-12(10-13(15)20)17-16(18(23)26-11(3)4)14(6-2)21-19(24)22-17/h7-8,10-11,17H,5-6,9H2,1-4H3,(H2,21,22,24). The van der Waals surface area contributed by atoms with Crippen LogP contribution in [0.2, 0.25) is 5.02 Å². The summed E-state index contributed by atoms with van der Waals surface area (Å²) < 4.78 is 11.0. The van der Waals surface area contributed by atoms with E-state index in [1.54, 1.807) is 32.0 Å². The molecule has 1 aromatic carbocycles. The van der Waals surface area contributed by atoms with Gasteiger partial charge in [-0.3, -0.25) is 0 Å². The summed E-state index contributed by atoms with van der Waals surface area (Å²) in [6, 6.07) is 4.25. The number of hydrogen-bond donors (Lipinski definition) is 2. The second-order valence-electron chi connectivity index (χ2n) is 6.27. The van der Waals surface area contributed by atoms with Gasteiger partial charge in [-0.15, -0.1) is 0 Å². The van der Waals surface area contributed by atoms with Gasteiger partial charge >= 0.3 is 12.0 Å². The number of nitrogens with one attached hydrogen (secondary N) is 2. The summed E-state index contributed by atoms with van der Waals surface area (Å²) in [5.74, 6) is 0.111. The predicted octanol–water partition coefficient (Wildman–Crippen LogP) is 4.10. The van der Waals surface area contributed by atoms with Crippen LogP contribution in [0.1, 0.15) is 52.1 Å². The second kappa shape index (κ2) is 8.94. The molecule has 6 nitrogen and oxygen atoms in total. The second-order valence-corrected chi connectivity index (χ2v) is 6.68. The first-order valence-electron chi connectivity index (χ1n) is 8.81. The van der Waals surface area contributed by atoms with Crippen molar-refractivity contribution in [2.75, 3.05) is 6.61 Å². The van der Waals surface area contributed by atoms with Gasteiger partial charge in [0.05, 0.1) is 29.3 Å². The largest absolute Gasteiger partial charge is 0.492 e. The number of allylic oxidation sites excluding steroid dienone is 1. The Bertz CT molecular complexity index is 715. The molecule has 1 unspecified atom stereocenters. The number of amides is 2. The van der Waals surface area contributed by atoms with E-state index in [0.717, 1.165) is 6.42 Å². The summed E-state index contributed by atoms with van der Waals surface area (Å²) in [6.45, 7) is 8.01. The van der Waals surface area contributed by atoms with Gasteiger partial charge in [-0.05, 0) is 44.4 Å². The lowest BCUT2D eigenvalue weighted by atomic mass is 9.94. The maximum absolute atomic E-state index is 12.6. The van der Waals surface area contributed by atoms with Crippen LogP contribution in [0.5, 0.6) is 5.75 Å². The van der Waals surface area contributed by atoms with Crippen LogP contribution in [0, 0.1) is 0 Å². The molecule has 0 aliphatic carbocycles. The van der Waals surface area contributed by atoms with E-state index in [4.69, 9.17) is 21.1 Å². The fraction of sp³-hybridized carbons (Fsp3) is 0.474. The minimum absolute atomic E-state index is 0.264. The molecule has 0 bridgehead atoms. The van der Waals surface area contributed by atoms with Crippen LogP contribution in [-0.4, -0.2) is 24.7 Å². The predicted molar refractivity (Wildman–Crippen MR) is 100 cm³/mol. The average molecular weight is 381 g/mol. The molecule has 1 heterocycles. The van der Waals surface area contributed by atoms with E-state index in [-0.39, 0.29) is 12.1 Å². The number of carbonyl (C=O) groups is 2. The molecule has 142 valence electrons. The number of halogens is 1. The Kier molecular flexibility index (Phi) is 6.91. The molecule has 0 saturated heterocycles. The monoisotopic (exact) mass is 380 g/mol. The average Bonchev–Trinajstić information content (AvgIpc) is 2.59. The molecule has 1 aliphatic rings. The van der Waals surface area contributed by atoms with Crippen LogP contribution >= 0.6 is 11.6 Å². The van der Waals surface area contributed by atoms with Crippen molar-refractivity contribution in [1.29, 1.82) is 0 Å². The Morgan fingerprint density at radius 1 is 1.31 bits per heavy atom. The van der Waals surface area contributed by atoms with Gasteiger partial charge in [0, 0.05) is 5.70 Å². The zero-order valence-corrected chi connectivity index (χ0v) is 16.3. The molecular formula is C19H25ClN2O4. The van der Waals surface area contributed by atoms with Crippen LogP contribution in [0.25, 0.3) is 0 Å². The Hall–Kier alpha value is -2.21. The van der Waals surface area contributed by atoms with Gasteiger partial charge in [-0.1, -0.05) is 31.5 Å². The lowest BCUT2D eigenvalue weighted by Gasteiger charge is -2.29. The van der Waals surface area contributed by atoms with Gasteiger partial charge in [0.2, 0.25) is 0 Å².